The molecule has 3 aliphatic heterocycles. The van der Waals surface area contributed by atoms with Crippen LogP contribution in [-0.4, -0.2) is 66.5 Å². The quantitative estimate of drug-likeness (QED) is 0.704. The van der Waals surface area contributed by atoms with Crippen LogP contribution >= 0.6 is 23.4 Å². The largest absolute Gasteiger partial charge is 0.454 e. The highest BCUT2D eigenvalue weighted by Gasteiger charge is 2.37. The maximum Gasteiger partial charge on any atom is 0.294 e. The van der Waals surface area contributed by atoms with E-state index in [0.717, 1.165) is 16.7 Å². The van der Waals surface area contributed by atoms with Crippen LogP contribution in [0.3, 0.4) is 0 Å². The summed E-state index contributed by atoms with van der Waals surface area (Å²) in [6.07, 6.45) is 1.52. The molecule has 0 atom stereocenters. The van der Waals surface area contributed by atoms with Gasteiger partial charge in [0.05, 0.1) is 23.1 Å². The molecule has 0 radical (unpaired) electrons. The van der Waals surface area contributed by atoms with E-state index in [2.05, 4.69) is 0 Å². The summed E-state index contributed by atoms with van der Waals surface area (Å²) in [6, 6.07) is 3.25. The molecule has 0 aliphatic carbocycles. The van der Waals surface area contributed by atoms with Crippen molar-refractivity contribution in [2.45, 2.75) is 0 Å². The van der Waals surface area contributed by atoms with E-state index < -0.39 is 11.1 Å². The highest BCUT2D eigenvalue weighted by atomic mass is 35.5. The average Bonchev–Trinajstić information content (AvgIpc) is 3.22. The molecule has 1 aromatic rings. The van der Waals surface area contributed by atoms with Gasteiger partial charge in [0.1, 0.15) is 6.54 Å². The normalized spacial score (nSPS) is 20.7. The zero-order chi connectivity index (χ0) is 19.0. The molecule has 3 aliphatic rings. The molecule has 0 unspecified atom stereocenters. The minimum atomic E-state index is -0.514. The molecule has 10 heteroatoms. The fraction of sp³-hybridized carbons (Fsp3) is 0.353. The van der Waals surface area contributed by atoms with Gasteiger partial charge in [-0.3, -0.25) is 19.3 Å². The van der Waals surface area contributed by atoms with E-state index in [4.69, 9.17) is 25.8 Å². The Morgan fingerprint density at radius 3 is 2.63 bits per heavy atom. The van der Waals surface area contributed by atoms with Gasteiger partial charge in [0, 0.05) is 19.2 Å². The van der Waals surface area contributed by atoms with Crippen LogP contribution in [0.15, 0.2) is 17.0 Å². The maximum absolute atomic E-state index is 12.6. The average molecular weight is 411 g/mol. The summed E-state index contributed by atoms with van der Waals surface area (Å²) >= 11 is 7.00. The van der Waals surface area contributed by atoms with Gasteiger partial charge in [-0.05, 0) is 29.5 Å². The van der Waals surface area contributed by atoms with Crippen LogP contribution < -0.4 is 9.47 Å². The summed E-state index contributed by atoms with van der Waals surface area (Å²) in [5.74, 6) is 0.261. The smallest absolute Gasteiger partial charge is 0.294 e. The molecule has 2 saturated heterocycles. The van der Waals surface area contributed by atoms with E-state index in [9.17, 15) is 14.4 Å². The summed E-state index contributed by atoms with van der Waals surface area (Å²) in [4.78, 5) is 39.9. The number of carbonyl (C=O) groups is 3. The lowest BCUT2D eigenvalue weighted by Crippen LogP contribution is -2.46. The van der Waals surface area contributed by atoms with E-state index in [-0.39, 0.29) is 24.2 Å². The molecule has 0 spiro atoms. The lowest BCUT2D eigenvalue weighted by atomic mass is 10.2. The van der Waals surface area contributed by atoms with Crippen molar-refractivity contribution in [1.82, 2.24) is 9.80 Å². The van der Waals surface area contributed by atoms with Crippen molar-refractivity contribution in [2.24, 2.45) is 0 Å². The Bertz CT molecular complexity index is 852. The number of halogens is 1. The molecule has 0 N–H and O–H groups in total. The first kappa shape index (κ1) is 18.1. The van der Waals surface area contributed by atoms with Crippen LogP contribution in [0.4, 0.5) is 4.79 Å². The Labute approximate surface area is 164 Å². The number of hydrogen-bond acceptors (Lipinski definition) is 7. The van der Waals surface area contributed by atoms with Crippen molar-refractivity contribution in [1.29, 1.82) is 0 Å². The molecular formula is C17H15ClN2O6S. The fourth-order valence-corrected chi connectivity index (χ4v) is 3.91. The zero-order valence-electron chi connectivity index (χ0n) is 14.1. The van der Waals surface area contributed by atoms with E-state index in [1.807, 2.05) is 0 Å². The number of amides is 3. The van der Waals surface area contributed by atoms with Gasteiger partial charge in [-0.15, -0.1) is 0 Å². The summed E-state index contributed by atoms with van der Waals surface area (Å²) in [5.41, 5.74) is 0.533. The third kappa shape index (κ3) is 3.62. The standard InChI is InChI=1S/C17H15ClN2O6S/c18-11-7-13-12(25-9-26-13)5-10(11)6-14-16(22)20(17(23)27-14)8-15(21)19-1-3-24-4-2-19/h5-7H,1-4,8-9H2/b14-6-. The number of carbonyl (C=O) groups excluding carboxylic acids is 3. The van der Waals surface area contributed by atoms with E-state index in [1.165, 1.54) is 6.08 Å². The number of morpholine rings is 1. The van der Waals surface area contributed by atoms with Crippen LogP contribution in [0.2, 0.25) is 5.02 Å². The van der Waals surface area contributed by atoms with Crippen molar-refractivity contribution in [2.75, 3.05) is 39.6 Å². The monoisotopic (exact) mass is 410 g/mol. The SMILES string of the molecule is O=C(CN1C(=O)S/C(=C\c2cc3c(cc2Cl)OCO3)C1=O)N1CCOCC1. The van der Waals surface area contributed by atoms with Gasteiger partial charge in [0.2, 0.25) is 12.7 Å². The van der Waals surface area contributed by atoms with Crippen LogP contribution in [-0.2, 0) is 14.3 Å². The molecule has 142 valence electrons. The third-order valence-electron chi connectivity index (χ3n) is 4.31. The molecule has 3 heterocycles. The first-order valence-electron chi connectivity index (χ1n) is 8.23. The molecule has 0 bridgehead atoms. The number of hydrogen-bond donors (Lipinski definition) is 0. The molecule has 8 nitrogen and oxygen atoms in total. The lowest BCUT2D eigenvalue weighted by Gasteiger charge is -2.28. The predicted molar refractivity (Wildman–Crippen MR) is 97.7 cm³/mol. The van der Waals surface area contributed by atoms with Gasteiger partial charge in [0.25, 0.3) is 11.1 Å². The van der Waals surface area contributed by atoms with Crippen molar-refractivity contribution >= 4 is 46.5 Å². The number of imide groups is 1. The van der Waals surface area contributed by atoms with Gasteiger partial charge in [-0.1, -0.05) is 11.6 Å². The van der Waals surface area contributed by atoms with E-state index in [1.54, 1.807) is 17.0 Å². The molecule has 0 saturated carbocycles. The second-order valence-corrected chi connectivity index (χ2v) is 7.39. The minimum absolute atomic E-state index is 0.106. The lowest BCUT2D eigenvalue weighted by molar-refractivity contribution is -0.139. The van der Waals surface area contributed by atoms with Gasteiger partial charge >= 0.3 is 0 Å². The highest BCUT2D eigenvalue weighted by Crippen LogP contribution is 2.39. The Morgan fingerprint density at radius 1 is 1.19 bits per heavy atom. The topological polar surface area (TPSA) is 85.4 Å². The first-order valence-corrected chi connectivity index (χ1v) is 9.42. The molecule has 3 amide bonds. The second-order valence-electron chi connectivity index (χ2n) is 5.99. The van der Waals surface area contributed by atoms with Crippen LogP contribution in [0.1, 0.15) is 5.56 Å². The van der Waals surface area contributed by atoms with E-state index >= 15 is 0 Å². The van der Waals surface area contributed by atoms with Gasteiger partial charge in [0.15, 0.2) is 11.5 Å². The molecular weight excluding hydrogens is 396 g/mol. The molecule has 4 rings (SSSR count). The summed E-state index contributed by atoms with van der Waals surface area (Å²) < 4.78 is 15.8. The summed E-state index contributed by atoms with van der Waals surface area (Å²) in [5, 5.41) is -0.111. The Kier molecular flexibility index (Phi) is 4.98. The zero-order valence-corrected chi connectivity index (χ0v) is 15.7. The number of benzene rings is 1. The van der Waals surface area contributed by atoms with Crippen molar-refractivity contribution < 1.29 is 28.6 Å². The fourth-order valence-electron chi connectivity index (χ4n) is 2.87. The Hall–Kier alpha value is -2.23. The molecule has 27 heavy (non-hydrogen) atoms. The van der Waals surface area contributed by atoms with Crippen molar-refractivity contribution in [3.63, 3.8) is 0 Å². The van der Waals surface area contributed by atoms with E-state index in [0.29, 0.717) is 48.4 Å². The van der Waals surface area contributed by atoms with Crippen molar-refractivity contribution in [3.05, 3.63) is 27.6 Å². The van der Waals surface area contributed by atoms with Crippen molar-refractivity contribution in [3.8, 4) is 11.5 Å². The Balaban J connectivity index is 1.51. The maximum atomic E-state index is 12.6. The second kappa shape index (κ2) is 7.41. The molecule has 2 fully saturated rings. The number of rotatable bonds is 3. The third-order valence-corrected chi connectivity index (χ3v) is 5.54. The van der Waals surface area contributed by atoms with Gasteiger partial charge < -0.3 is 19.1 Å². The highest BCUT2D eigenvalue weighted by molar-refractivity contribution is 8.18. The van der Waals surface area contributed by atoms with Crippen LogP contribution in [0.25, 0.3) is 6.08 Å². The van der Waals surface area contributed by atoms with Gasteiger partial charge in [-0.25, -0.2) is 0 Å². The number of thioether (sulfide) groups is 1. The first-order chi connectivity index (χ1) is 13.0. The number of nitrogens with zero attached hydrogens (tertiary/aromatic N) is 2. The van der Waals surface area contributed by atoms with Gasteiger partial charge in [-0.2, -0.15) is 0 Å². The predicted octanol–water partition coefficient (Wildman–Crippen LogP) is 1.96. The van der Waals surface area contributed by atoms with Crippen LogP contribution in [0.5, 0.6) is 11.5 Å². The molecule has 0 aromatic heterocycles. The van der Waals surface area contributed by atoms with Crippen LogP contribution in [0, 0.1) is 0 Å². The molecule has 1 aromatic carbocycles. The summed E-state index contributed by atoms with van der Waals surface area (Å²) in [6.45, 7) is 1.65. The number of fused-ring (bicyclic) bond motifs is 1. The minimum Gasteiger partial charge on any atom is -0.454 e. The Morgan fingerprint density at radius 2 is 1.89 bits per heavy atom. The summed E-state index contributed by atoms with van der Waals surface area (Å²) in [7, 11) is 0. The number of ether oxygens (including phenoxy) is 3.